The molecule has 0 radical (unpaired) electrons. The summed E-state index contributed by atoms with van der Waals surface area (Å²) in [5, 5.41) is 10.6. The highest BCUT2D eigenvalue weighted by Crippen LogP contribution is 2.24. The summed E-state index contributed by atoms with van der Waals surface area (Å²) in [7, 11) is 0. The largest absolute Gasteiger partial charge is 0.358 e. The Morgan fingerprint density at radius 3 is 2.85 bits per heavy atom. The lowest BCUT2D eigenvalue weighted by Gasteiger charge is -2.31. The van der Waals surface area contributed by atoms with E-state index in [1.165, 1.54) is 0 Å². The van der Waals surface area contributed by atoms with Crippen molar-refractivity contribution in [1.82, 2.24) is 4.90 Å². The van der Waals surface area contributed by atoms with Crippen molar-refractivity contribution in [2.24, 2.45) is 0 Å². The fourth-order valence-electron chi connectivity index (χ4n) is 1.08. The Morgan fingerprint density at radius 2 is 2.38 bits per heavy atom. The SMILES string of the molecule is CCN1COCC(Br)([N+](=O)[O-])C1.Cl. The van der Waals surface area contributed by atoms with E-state index in [9.17, 15) is 10.1 Å². The Hall–Kier alpha value is 0.0900. The minimum atomic E-state index is -1.11. The Morgan fingerprint density at radius 1 is 1.77 bits per heavy atom. The van der Waals surface area contributed by atoms with Crippen molar-refractivity contribution in [1.29, 1.82) is 0 Å². The van der Waals surface area contributed by atoms with Crippen molar-refractivity contribution in [3.8, 4) is 0 Å². The molecule has 0 amide bonds. The van der Waals surface area contributed by atoms with Crippen LogP contribution in [0.5, 0.6) is 0 Å². The van der Waals surface area contributed by atoms with Gasteiger partial charge in [-0.2, -0.15) is 0 Å². The van der Waals surface area contributed by atoms with Crippen molar-refractivity contribution >= 4 is 28.3 Å². The van der Waals surface area contributed by atoms with Gasteiger partial charge in [0.1, 0.15) is 6.61 Å². The summed E-state index contributed by atoms with van der Waals surface area (Å²) in [5.41, 5.74) is 0. The molecule has 1 atom stereocenters. The molecule has 7 heteroatoms. The molecule has 0 aromatic carbocycles. The second-order valence-electron chi connectivity index (χ2n) is 2.80. The molecule has 0 saturated carbocycles. The van der Waals surface area contributed by atoms with Gasteiger partial charge in [-0.05, 0) is 6.54 Å². The zero-order chi connectivity index (χ0) is 9.19. The first kappa shape index (κ1) is 13.1. The van der Waals surface area contributed by atoms with Gasteiger partial charge in [0.25, 0.3) is 0 Å². The number of hydrogen-bond donors (Lipinski definition) is 0. The maximum Gasteiger partial charge on any atom is 0.309 e. The molecular formula is C6H12BrClN2O3. The molecule has 5 nitrogen and oxygen atoms in total. The van der Waals surface area contributed by atoms with Gasteiger partial charge in [-0.3, -0.25) is 15.0 Å². The standard InChI is InChI=1S/C6H11BrN2O3.ClH/c1-2-8-3-6(7,9(10)11)4-12-5-8;/h2-5H2,1H3;1H. The molecule has 0 bridgehead atoms. The summed E-state index contributed by atoms with van der Waals surface area (Å²) in [4.78, 5) is 12.1. The first-order chi connectivity index (χ1) is 5.58. The molecule has 1 aliphatic heterocycles. The minimum absolute atomic E-state index is 0. The summed E-state index contributed by atoms with van der Waals surface area (Å²) < 4.78 is 3.98. The Bertz CT molecular complexity index is 195. The first-order valence-electron chi connectivity index (χ1n) is 3.72. The smallest absolute Gasteiger partial charge is 0.309 e. The zero-order valence-electron chi connectivity index (χ0n) is 7.23. The van der Waals surface area contributed by atoms with Gasteiger partial charge < -0.3 is 4.74 Å². The molecule has 1 heterocycles. The quantitative estimate of drug-likeness (QED) is 0.328. The van der Waals surface area contributed by atoms with E-state index in [2.05, 4.69) is 15.9 Å². The van der Waals surface area contributed by atoms with Gasteiger partial charge in [-0.25, -0.2) is 0 Å². The minimum Gasteiger partial charge on any atom is -0.358 e. The van der Waals surface area contributed by atoms with Crippen molar-refractivity contribution < 1.29 is 9.66 Å². The van der Waals surface area contributed by atoms with Crippen LogP contribution < -0.4 is 0 Å². The highest BCUT2D eigenvalue weighted by atomic mass is 79.9. The van der Waals surface area contributed by atoms with Crippen LogP contribution in [0.3, 0.4) is 0 Å². The molecule has 1 aliphatic rings. The van der Waals surface area contributed by atoms with E-state index in [0.29, 0.717) is 13.3 Å². The third-order valence-electron chi connectivity index (χ3n) is 1.84. The number of likely N-dealkylation sites (N-methyl/N-ethyl adjacent to an activating group) is 1. The molecule has 1 saturated heterocycles. The number of alkyl halides is 1. The molecular weight excluding hydrogens is 263 g/mol. The topological polar surface area (TPSA) is 55.6 Å². The van der Waals surface area contributed by atoms with Crippen LogP contribution >= 0.6 is 28.3 Å². The van der Waals surface area contributed by atoms with Crippen LogP contribution in [-0.2, 0) is 4.74 Å². The van der Waals surface area contributed by atoms with Gasteiger partial charge >= 0.3 is 4.45 Å². The predicted molar refractivity (Wildman–Crippen MR) is 54.0 cm³/mol. The average molecular weight is 276 g/mol. The molecule has 0 N–H and O–H groups in total. The van der Waals surface area contributed by atoms with Gasteiger partial charge in [0, 0.05) is 20.9 Å². The molecule has 0 aromatic heterocycles. The van der Waals surface area contributed by atoms with Crippen LogP contribution in [0.15, 0.2) is 0 Å². The molecule has 1 fully saturated rings. The van der Waals surface area contributed by atoms with E-state index < -0.39 is 4.45 Å². The van der Waals surface area contributed by atoms with Crippen molar-refractivity contribution in [2.45, 2.75) is 11.4 Å². The number of nitrogens with zero attached hydrogens (tertiary/aromatic N) is 2. The lowest BCUT2D eigenvalue weighted by atomic mass is 10.3. The first-order valence-corrected chi connectivity index (χ1v) is 4.51. The molecule has 0 aromatic rings. The van der Waals surface area contributed by atoms with E-state index in [-0.39, 0.29) is 23.9 Å². The van der Waals surface area contributed by atoms with Gasteiger partial charge in [-0.1, -0.05) is 6.92 Å². The number of ether oxygens (including phenoxy) is 1. The lowest BCUT2D eigenvalue weighted by Crippen LogP contribution is -2.52. The molecule has 1 rings (SSSR count). The molecule has 0 aliphatic carbocycles. The highest BCUT2D eigenvalue weighted by molar-refractivity contribution is 9.10. The van der Waals surface area contributed by atoms with Crippen molar-refractivity contribution in [2.75, 3.05) is 26.4 Å². The van der Waals surface area contributed by atoms with Crippen LogP contribution in [0.2, 0.25) is 0 Å². The zero-order valence-corrected chi connectivity index (χ0v) is 9.64. The Kier molecular flexibility index (Phi) is 5.13. The number of halogens is 2. The summed E-state index contributed by atoms with van der Waals surface area (Å²) in [6, 6.07) is 0. The third kappa shape index (κ3) is 3.05. The second kappa shape index (κ2) is 5.09. The van der Waals surface area contributed by atoms with Gasteiger partial charge in [0.2, 0.25) is 0 Å². The maximum absolute atomic E-state index is 10.6. The van der Waals surface area contributed by atoms with E-state index in [4.69, 9.17) is 4.74 Å². The highest BCUT2D eigenvalue weighted by Gasteiger charge is 2.44. The summed E-state index contributed by atoms with van der Waals surface area (Å²) in [6.45, 7) is 3.73. The molecule has 0 spiro atoms. The predicted octanol–water partition coefficient (Wildman–Crippen LogP) is 1.09. The molecule has 78 valence electrons. The van der Waals surface area contributed by atoms with Gasteiger partial charge in [0.05, 0.1) is 13.3 Å². The average Bonchev–Trinajstić information content (AvgIpc) is 2.04. The molecule has 13 heavy (non-hydrogen) atoms. The normalized spacial score (nSPS) is 29.4. The summed E-state index contributed by atoms with van der Waals surface area (Å²) in [6.07, 6.45) is 0. The lowest BCUT2D eigenvalue weighted by molar-refractivity contribution is -0.546. The van der Waals surface area contributed by atoms with E-state index >= 15 is 0 Å². The van der Waals surface area contributed by atoms with Crippen LogP contribution in [0, 0.1) is 10.1 Å². The maximum atomic E-state index is 10.6. The third-order valence-corrected chi connectivity index (χ3v) is 2.61. The van der Waals surface area contributed by atoms with E-state index in [0.717, 1.165) is 6.54 Å². The van der Waals surface area contributed by atoms with E-state index in [1.807, 2.05) is 11.8 Å². The van der Waals surface area contributed by atoms with Crippen LogP contribution in [-0.4, -0.2) is 40.7 Å². The number of nitro groups is 1. The van der Waals surface area contributed by atoms with Crippen LogP contribution in [0.25, 0.3) is 0 Å². The van der Waals surface area contributed by atoms with Gasteiger partial charge in [0.15, 0.2) is 0 Å². The number of rotatable bonds is 2. The Labute approximate surface area is 91.1 Å². The van der Waals surface area contributed by atoms with E-state index in [1.54, 1.807) is 0 Å². The monoisotopic (exact) mass is 274 g/mol. The summed E-state index contributed by atoms with van der Waals surface area (Å²) >= 11 is 3.08. The molecule has 1 unspecified atom stereocenters. The van der Waals surface area contributed by atoms with Crippen molar-refractivity contribution in [3.63, 3.8) is 0 Å². The Balaban J connectivity index is 0.00000144. The van der Waals surface area contributed by atoms with Crippen LogP contribution in [0.4, 0.5) is 0 Å². The van der Waals surface area contributed by atoms with Crippen molar-refractivity contribution in [3.05, 3.63) is 10.1 Å². The fourth-order valence-corrected chi connectivity index (χ4v) is 1.60. The number of hydrogen-bond acceptors (Lipinski definition) is 4. The summed E-state index contributed by atoms with van der Waals surface area (Å²) in [5.74, 6) is 0. The van der Waals surface area contributed by atoms with Crippen LogP contribution in [0.1, 0.15) is 6.92 Å². The fraction of sp³-hybridized carbons (Fsp3) is 1.00. The van der Waals surface area contributed by atoms with Gasteiger partial charge in [-0.15, -0.1) is 12.4 Å². The second-order valence-corrected chi connectivity index (χ2v) is 4.27.